The minimum Gasteiger partial charge on any atom is -0.331 e. The second kappa shape index (κ2) is 4.42. The molecule has 0 aromatic rings. The molecule has 3 fully saturated rings. The van der Waals surface area contributed by atoms with Crippen molar-refractivity contribution in [3.63, 3.8) is 0 Å². The standard InChI is InChI=1S/C5H8Cl2O4P2/c6-12(7)8-1-5-2-9-13(10-3-5)11-4-5/h1-4H2. The average Bonchev–Trinajstić information content (AvgIpc) is 2.18. The van der Waals surface area contributed by atoms with E-state index in [1.807, 2.05) is 0 Å². The lowest BCUT2D eigenvalue weighted by molar-refractivity contribution is -0.0899. The van der Waals surface area contributed by atoms with E-state index in [1.165, 1.54) is 0 Å². The predicted octanol–water partition coefficient (Wildman–Crippen LogP) is 3.00. The van der Waals surface area contributed by atoms with Crippen LogP contribution in [0.4, 0.5) is 0 Å². The Morgan fingerprint density at radius 1 is 1.23 bits per heavy atom. The summed E-state index contributed by atoms with van der Waals surface area (Å²) in [5.41, 5.74) is -0.207. The Morgan fingerprint density at radius 3 is 2.23 bits per heavy atom. The van der Waals surface area contributed by atoms with E-state index in [4.69, 9.17) is 40.6 Å². The fourth-order valence-corrected chi connectivity index (χ4v) is 3.14. The van der Waals surface area contributed by atoms with Crippen LogP contribution in [0.25, 0.3) is 0 Å². The van der Waals surface area contributed by atoms with Crippen molar-refractivity contribution in [1.82, 2.24) is 0 Å². The maximum absolute atomic E-state index is 5.52. The third kappa shape index (κ3) is 2.64. The first-order valence-electron chi connectivity index (χ1n) is 3.64. The van der Waals surface area contributed by atoms with Crippen molar-refractivity contribution in [1.29, 1.82) is 0 Å². The largest absolute Gasteiger partial charge is 0.332 e. The van der Waals surface area contributed by atoms with Gasteiger partial charge in [-0.15, -0.1) is 0 Å². The second-order valence-electron chi connectivity index (χ2n) is 3.02. The number of hydrogen-bond acceptors (Lipinski definition) is 4. The van der Waals surface area contributed by atoms with Gasteiger partial charge in [0.05, 0.1) is 31.8 Å². The molecule has 4 nitrogen and oxygen atoms in total. The van der Waals surface area contributed by atoms with Gasteiger partial charge in [0.1, 0.15) is 0 Å². The van der Waals surface area contributed by atoms with E-state index in [9.17, 15) is 0 Å². The first kappa shape index (κ1) is 10.8. The van der Waals surface area contributed by atoms with Gasteiger partial charge >= 0.3 is 8.60 Å². The summed E-state index contributed by atoms with van der Waals surface area (Å²) in [6.45, 7) is 0.883. The van der Waals surface area contributed by atoms with Gasteiger partial charge in [0.15, 0.2) is 0 Å². The lowest BCUT2D eigenvalue weighted by Gasteiger charge is -2.43. The number of rotatable bonds is 3. The Balaban J connectivity index is 1.87. The van der Waals surface area contributed by atoms with Crippen LogP contribution in [-0.4, -0.2) is 26.4 Å². The van der Waals surface area contributed by atoms with Crippen molar-refractivity contribution >= 4 is 37.9 Å². The highest BCUT2D eigenvalue weighted by Crippen LogP contribution is 2.55. The van der Waals surface area contributed by atoms with Crippen LogP contribution < -0.4 is 0 Å². The van der Waals surface area contributed by atoms with Crippen LogP contribution in [0.3, 0.4) is 0 Å². The quantitative estimate of drug-likeness (QED) is 0.735. The molecule has 8 heteroatoms. The van der Waals surface area contributed by atoms with Gasteiger partial charge in [0.25, 0.3) is 0 Å². The van der Waals surface area contributed by atoms with E-state index in [1.54, 1.807) is 0 Å². The zero-order chi connectivity index (χ0) is 9.31. The summed E-state index contributed by atoms with van der Waals surface area (Å²) >= 11 is 11.0. The molecule has 3 aliphatic rings. The molecule has 0 atom stereocenters. The Bertz CT molecular complexity index is 172. The van der Waals surface area contributed by atoms with E-state index in [-0.39, 0.29) is 5.41 Å². The van der Waals surface area contributed by atoms with Gasteiger partial charge in [-0.05, 0) is 22.5 Å². The van der Waals surface area contributed by atoms with Crippen molar-refractivity contribution in [2.75, 3.05) is 26.4 Å². The van der Waals surface area contributed by atoms with Crippen LogP contribution in [0.5, 0.6) is 0 Å². The van der Waals surface area contributed by atoms with E-state index in [0.29, 0.717) is 26.4 Å². The molecule has 0 radical (unpaired) electrons. The summed E-state index contributed by atoms with van der Waals surface area (Å²) in [4.78, 5) is 0. The highest BCUT2D eigenvalue weighted by Gasteiger charge is 2.45. The van der Waals surface area contributed by atoms with Gasteiger partial charge in [-0.1, -0.05) is 0 Å². The van der Waals surface area contributed by atoms with E-state index in [0.717, 1.165) is 0 Å². The van der Waals surface area contributed by atoms with E-state index >= 15 is 0 Å². The molecule has 0 saturated carbocycles. The molecule has 0 aromatic carbocycles. The SMILES string of the molecule is ClP(Cl)OCC12COP(OC1)OC2. The first-order chi connectivity index (χ1) is 6.20. The van der Waals surface area contributed by atoms with Crippen molar-refractivity contribution in [3.05, 3.63) is 0 Å². The molecule has 2 bridgehead atoms. The van der Waals surface area contributed by atoms with Gasteiger partial charge in [-0.25, -0.2) is 0 Å². The van der Waals surface area contributed by atoms with E-state index in [2.05, 4.69) is 0 Å². The molecular weight excluding hydrogens is 257 g/mol. The molecule has 0 unspecified atom stereocenters. The van der Waals surface area contributed by atoms with Crippen molar-refractivity contribution < 1.29 is 18.1 Å². The Labute approximate surface area is 88.2 Å². The molecule has 0 N–H and O–H groups in total. The van der Waals surface area contributed by atoms with Crippen LogP contribution in [0, 0.1) is 5.41 Å². The second-order valence-corrected chi connectivity index (χ2v) is 7.26. The zero-order valence-electron chi connectivity index (χ0n) is 6.61. The minimum absolute atomic E-state index is 0.207. The molecule has 3 aliphatic heterocycles. The van der Waals surface area contributed by atoms with Crippen LogP contribution >= 0.6 is 37.9 Å². The zero-order valence-corrected chi connectivity index (χ0v) is 9.91. The lowest BCUT2D eigenvalue weighted by Crippen LogP contribution is -2.46. The molecule has 3 heterocycles. The molecule has 0 spiro atoms. The van der Waals surface area contributed by atoms with Crippen LogP contribution in [0.1, 0.15) is 0 Å². The van der Waals surface area contributed by atoms with Crippen molar-refractivity contribution in [2.24, 2.45) is 5.41 Å². The Morgan fingerprint density at radius 2 is 1.77 bits per heavy atom. The third-order valence-electron chi connectivity index (χ3n) is 1.90. The highest BCUT2D eigenvalue weighted by atomic mass is 35.9. The molecule has 13 heavy (non-hydrogen) atoms. The average molecular weight is 265 g/mol. The molecule has 76 valence electrons. The molecular formula is C5H8Cl2O4P2. The molecule has 3 saturated heterocycles. The summed E-state index contributed by atoms with van der Waals surface area (Å²) in [6, 6.07) is 0. The number of hydrogen-bond donors (Lipinski definition) is 0. The topological polar surface area (TPSA) is 36.9 Å². The lowest BCUT2D eigenvalue weighted by atomic mass is 9.93. The van der Waals surface area contributed by atoms with Gasteiger partial charge < -0.3 is 18.1 Å². The maximum Gasteiger partial charge on any atom is 0.332 e. The van der Waals surface area contributed by atoms with Crippen molar-refractivity contribution in [3.8, 4) is 0 Å². The predicted molar refractivity (Wildman–Crippen MR) is 51.8 cm³/mol. The Kier molecular flexibility index (Phi) is 3.67. The fraction of sp³-hybridized carbons (Fsp3) is 1.00. The monoisotopic (exact) mass is 264 g/mol. The smallest absolute Gasteiger partial charge is 0.331 e. The van der Waals surface area contributed by atoms with Crippen molar-refractivity contribution in [2.45, 2.75) is 0 Å². The fourth-order valence-electron chi connectivity index (χ4n) is 1.12. The van der Waals surface area contributed by atoms with Gasteiger partial charge in [-0.2, -0.15) is 0 Å². The Hall–Kier alpha value is 1.28. The summed E-state index contributed by atoms with van der Waals surface area (Å²) in [7, 11) is -1.08. The summed E-state index contributed by atoms with van der Waals surface area (Å²) in [6.07, 6.45) is 0. The van der Waals surface area contributed by atoms with Crippen LogP contribution in [0.2, 0.25) is 0 Å². The maximum atomic E-state index is 5.52. The molecule has 0 amide bonds. The first-order valence-corrected chi connectivity index (χ1v) is 7.80. The normalized spacial score (nSPS) is 38.5. The molecule has 3 rings (SSSR count). The molecule has 0 aliphatic carbocycles. The summed E-state index contributed by atoms with van der Waals surface area (Å²) in [5.74, 6) is 0. The number of halogens is 2. The minimum atomic E-state index is -1.36. The van der Waals surface area contributed by atoms with Crippen LogP contribution in [0.15, 0.2) is 0 Å². The van der Waals surface area contributed by atoms with Gasteiger partial charge in [-0.3, -0.25) is 0 Å². The highest BCUT2D eigenvalue weighted by molar-refractivity contribution is 8.00. The molecule has 0 aromatic heterocycles. The summed E-state index contributed by atoms with van der Waals surface area (Å²) in [5, 5.41) is 0. The van der Waals surface area contributed by atoms with Gasteiger partial charge in [0, 0.05) is 0 Å². The third-order valence-corrected chi connectivity index (χ3v) is 3.83. The van der Waals surface area contributed by atoms with Gasteiger partial charge in [0.2, 0.25) is 6.85 Å². The number of fused-ring (bicyclic) bond motifs is 3. The summed E-state index contributed by atoms with van der Waals surface area (Å²) < 4.78 is 21.0. The van der Waals surface area contributed by atoms with E-state index < -0.39 is 15.5 Å². The van der Waals surface area contributed by atoms with Crippen LogP contribution in [-0.2, 0) is 18.1 Å².